The minimum absolute atomic E-state index is 0.0966. The predicted octanol–water partition coefficient (Wildman–Crippen LogP) is 5.33. The zero-order valence-corrected chi connectivity index (χ0v) is 13.6. The van der Waals surface area contributed by atoms with Crippen molar-refractivity contribution in [3.8, 4) is 5.75 Å². The molecule has 0 N–H and O–H groups in total. The van der Waals surface area contributed by atoms with Crippen LogP contribution in [0.1, 0.15) is 5.56 Å². The van der Waals surface area contributed by atoms with E-state index >= 15 is 0 Å². The van der Waals surface area contributed by atoms with Gasteiger partial charge in [0.05, 0.1) is 4.92 Å². The lowest BCUT2D eigenvalue weighted by molar-refractivity contribution is -0.384. The van der Waals surface area contributed by atoms with Gasteiger partial charge in [0, 0.05) is 21.9 Å². The molecule has 120 valence electrons. The summed E-state index contributed by atoms with van der Waals surface area (Å²) < 4.78 is 5.82. The van der Waals surface area contributed by atoms with Crippen molar-refractivity contribution in [2.45, 2.75) is 16.4 Å². The summed E-state index contributed by atoms with van der Waals surface area (Å²) in [6.07, 6.45) is 0. The number of nitrogens with zero attached hydrogens (tertiary/aromatic N) is 1. The number of non-ortho nitro benzene ring substituents is 1. The van der Waals surface area contributed by atoms with Crippen LogP contribution in [0.5, 0.6) is 5.75 Å². The van der Waals surface area contributed by atoms with Crippen LogP contribution in [0.25, 0.3) is 0 Å². The molecule has 0 radical (unpaired) electrons. The molecule has 0 saturated carbocycles. The third-order valence-corrected chi connectivity index (χ3v) is 4.33. The lowest BCUT2D eigenvalue weighted by Gasteiger charge is -2.08. The fraction of sp³-hybridized carbons (Fsp3) is 0.0526. The first-order valence-electron chi connectivity index (χ1n) is 7.40. The van der Waals surface area contributed by atoms with E-state index in [-0.39, 0.29) is 5.69 Å². The van der Waals surface area contributed by atoms with Gasteiger partial charge in [-0.05, 0) is 35.9 Å². The van der Waals surface area contributed by atoms with E-state index in [4.69, 9.17) is 4.74 Å². The highest BCUT2D eigenvalue weighted by atomic mass is 32.2. The topological polar surface area (TPSA) is 52.4 Å². The second kappa shape index (κ2) is 7.66. The third kappa shape index (κ3) is 4.36. The molecule has 0 aliphatic heterocycles. The molecular weight excluding hydrogens is 322 g/mol. The van der Waals surface area contributed by atoms with Crippen molar-refractivity contribution in [2.24, 2.45) is 0 Å². The molecule has 3 rings (SSSR count). The molecule has 0 unspecified atom stereocenters. The van der Waals surface area contributed by atoms with Crippen molar-refractivity contribution >= 4 is 17.4 Å². The quantitative estimate of drug-likeness (QED) is 0.451. The molecule has 3 aromatic carbocycles. The summed E-state index contributed by atoms with van der Waals surface area (Å²) >= 11 is 1.54. The van der Waals surface area contributed by atoms with E-state index in [0.717, 1.165) is 21.1 Å². The van der Waals surface area contributed by atoms with Crippen LogP contribution in [0.2, 0.25) is 0 Å². The Balaban J connectivity index is 1.65. The van der Waals surface area contributed by atoms with Gasteiger partial charge in [-0.15, -0.1) is 0 Å². The second-order valence-corrected chi connectivity index (χ2v) is 6.25. The summed E-state index contributed by atoms with van der Waals surface area (Å²) in [7, 11) is 0. The smallest absolute Gasteiger partial charge is 0.269 e. The van der Waals surface area contributed by atoms with Crippen molar-refractivity contribution < 1.29 is 9.66 Å². The number of hydrogen-bond donors (Lipinski definition) is 0. The number of benzene rings is 3. The Kier molecular flexibility index (Phi) is 5.13. The average Bonchev–Trinajstić information content (AvgIpc) is 2.62. The predicted molar refractivity (Wildman–Crippen MR) is 94.4 cm³/mol. The van der Waals surface area contributed by atoms with Crippen LogP contribution in [0, 0.1) is 10.1 Å². The van der Waals surface area contributed by atoms with E-state index in [9.17, 15) is 10.1 Å². The number of ether oxygens (including phenoxy) is 1. The van der Waals surface area contributed by atoms with Gasteiger partial charge in [0.25, 0.3) is 5.69 Å². The summed E-state index contributed by atoms with van der Waals surface area (Å²) in [4.78, 5) is 12.3. The Morgan fingerprint density at radius 1 is 0.875 bits per heavy atom. The van der Waals surface area contributed by atoms with Gasteiger partial charge in [-0.1, -0.05) is 48.2 Å². The maximum absolute atomic E-state index is 10.7. The van der Waals surface area contributed by atoms with Crippen LogP contribution in [-0.4, -0.2) is 4.92 Å². The lowest BCUT2D eigenvalue weighted by Crippen LogP contribution is -1.94. The maximum Gasteiger partial charge on any atom is 0.269 e. The molecular formula is C19H15NO3S. The van der Waals surface area contributed by atoms with Crippen molar-refractivity contribution in [3.63, 3.8) is 0 Å². The fourth-order valence-corrected chi connectivity index (χ4v) is 3.01. The minimum atomic E-state index is -0.396. The maximum atomic E-state index is 10.7. The zero-order chi connectivity index (χ0) is 16.8. The fourth-order valence-electron chi connectivity index (χ4n) is 2.14. The van der Waals surface area contributed by atoms with Crippen LogP contribution in [0.15, 0.2) is 88.7 Å². The van der Waals surface area contributed by atoms with Crippen molar-refractivity contribution in [2.75, 3.05) is 0 Å². The highest BCUT2D eigenvalue weighted by molar-refractivity contribution is 7.99. The normalized spacial score (nSPS) is 10.3. The van der Waals surface area contributed by atoms with Gasteiger partial charge in [0.2, 0.25) is 0 Å². The Bertz CT molecular complexity index is 820. The molecule has 0 atom stereocenters. The highest BCUT2D eigenvalue weighted by Gasteiger charge is 2.05. The SMILES string of the molecule is O=[N+]([O-])c1ccc(Sc2cccc(OCc3ccccc3)c2)cc1. The third-order valence-electron chi connectivity index (χ3n) is 3.34. The van der Waals surface area contributed by atoms with E-state index in [1.54, 1.807) is 23.9 Å². The monoisotopic (exact) mass is 337 g/mol. The standard InChI is InChI=1S/C19H15NO3S/c21-20(22)16-9-11-18(12-10-16)24-19-8-4-7-17(13-19)23-14-15-5-2-1-3-6-15/h1-13H,14H2. The zero-order valence-electron chi connectivity index (χ0n) is 12.8. The molecule has 4 nitrogen and oxygen atoms in total. The van der Waals surface area contributed by atoms with Gasteiger partial charge in [-0.2, -0.15) is 0 Å². The van der Waals surface area contributed by atoms with E-state index in [1.165, 1.54) is 12.1 Å². The molecule has 0 fully saturated rings. The first kappa shape index (κ1) is 16.1. The van der Waals surface area contributed by atoms with Crippen molar-refractivity contribution in [1.29, 1.82) is 0 Å². The van der Waals surface area contributed by atoms with Gasteiger partial charge in [0.15, 0.2) is 0 Å². The molecule has 0 spiro atoms. The van der Waals surface area contributed by atoms with Crippen molar-refractivity contribution in [3.05, 3.63) is 94.5 Å². The molecule has 0 aliphatic rings. The number of rotatable bonds is 6. The summed E-state index contributed by atoms with van der Waals surface area (Å²) in [5.41, 5.74) is 1.21. The van der Waals surface area contributed by atoms with E-state index in [2.05, 4.69) is 0 Å². The molecule has 5 heteroatoms. The Morgan fingerprint density at radius 3 is 2.33 bits per heavy atom. The Labute approximate surface area is 144 Å². The Hall–Kier alpha value is -2.79. The first-order chi connectivity index (χ1) is 11.7. The van der Waals surface area contributed by atoms with Gasteiger partial charge in [-0.25, -0.2) is 0 Å². The molecule has 0 heterocycles. The molecule has 3 aromatic rings. The largest absolute Gasteiger partial charge is 0.489 e. The average molecular weight is 337 g/mol. The highest BCUT2D eigenvalue weighted by Crippen LogP contribution is 2.31. The van der Waals surface area contributed by atoms with Crippen LogP contribution < -0.4 is 4.74 Å². The van der Waals surface area contributed by atoms with Crippen LogP contribution in [0.4, 0.5) is 5.69 Å². The van der Waals surface area contributed by atoms with Crippen molar-refractivity contribution in [1.82, 2.24) is 0 Å². The number of hydrogen-bond acceptors (Lipinski definition) is 4. The van der Waals surface area contributed by atoms with Crippen LogP contribution in [0.3, 0.4) is 0 Å². The summed E-state index contributed by atoms with van der Waals surface area (Å²) in [5.74, 6) is 0.797. The molecule has 0 aromatic heterocycles. The number of nitro groups is 1. The lowest BCUT2D eigenvalue weighted by atomic mass is 10.2. The van der Waals surface area contributed by atoms with Gasteiger partial charge >= 0.3 is 0 Å². The number of nitro benzene ring substituents is 1. The van der Waals surface area contributed by atoms with Gasteiger partial charge < -0.3 is 4.74 Å². The molecule has 0 aliphatic carbocycles. The molecule has 0 bridgehead atoms. The summed E-state index contributed by atoms with van der Waals surface area (Å²) in [6, 6.07) is 24.3. The van der Waals surface area contributed by atoms with Gasteiger partial charge in [-0.3, -0.25) is 10.1 Å². The molecule has 24 heavy (non-hydrogen) atoms. The molecule has 0 amide bonds. The Morgan fingerprint density at radius 2 is 1.62 bits per heavy atom. The van der Waals surface area contributed by atoms with E-state index in [1.807, 2.05) is 54.6 Å². The van der Waals surface area contributed by atoms with Crippen LogP contribution in [-0.2, 0) is 6.61 Å². The van der Waals surface area contributed by atoms with E-state index < -0.39 is 4.92 Å². The van der Waals surface area contributed by atoms with Crippen LogP contribution >= 0.6 is 11.8 Å². The summed E-state index contributed by atoms with van der Waals surface area (Å²) in [6.45, 7) is 0.520. The van der Waals surface area contributed by atoms with E-state index in [0.29, 0.717) is 6.61 Å². The minimum Gasteiger partial charge on any atom is -0.489 e. The first-order valence-corrected chi connectivity index (χ1v) is 8.21. The van der Waals surface area contributed by atoms with Gasteiger partial charge in [0.1, 0.15) is 12.4 Å². The molecule has 0 saturated heterocycles. The second-order valence-electron chi connectivity index (χ2n) is 5.10. The summed E-state index contributed by atoms with van der Waals surface area (Å²) in [5, 5.41) is 10.7.